The predicted molar refractivity (Wildman–Crippen MR) is 263 cm³/mol. The number of carbonyl (C=O) groups is 3. The summed E-state index contributed by atoms with van der Waals surface area (Å²) in [6, 6.07) is 16.3. The Hall–Kier alpha value is -5.47. The average molecular weight is 930 g/mol. The van der Waals surface area contributed by atoms with Gasteiger partial charge in [0.15, 0.2) is 5.82 Å². The molecule has 68 heavy (non-hydrogen) atoms. The first-order valence-electron chi connectivity index (χ1n) is 25.1. The lowest BCUT2D eigenvalue weighted by molar-refractivity contribution is -0.142. The number of phenols is 1. The molecule has 16 heteroatoms. The zero-order valence-corrected chi connectivity index (χ0v) is 40.2. The molecule has 2 aromatic carbocycles. The van der Waals surface area contributed by atoms with Gasteiger partial charge in [0.25, 0.3) is 0 Å². The molecule has 0 unspecified atom stereocenters. The van der Waals surface area contributed by atoms with Crippen LogP contribution in [0.5, 0.6) is 5.75 Å². The molecule has 3 aromatic rings. The number of phenolic OH excluding ortho intramolecular Hbond substituents is 1. The largest absolute Gasteiger partial charge is 0.507 e. The lowest BCUT2D eigenvalue weighted by Crippen LogP contribution is -2.61. The van der Waals surface area contributed by atoms with Gasteiger partial charge in [-0.1, -0.05) is 51.0 Å². The third kappa shape index (κ3) is 10.7. The molecule has 0 saturated carbocycles. The highest BCUT2D eigenvalue weighted by Gasteiger charge is 2.45. The number of piperazine rings is 1. The summed E-state index contributed by atoms with van der Waals surface area (Å²) < 4.78 is 0. The summed E-state index contributed by atoms with van der Waals surface area (Å²) in [6.07, 6.45) is 11.5. The first-order valence-corrected chi connectivity index (χ1v) is 25.1. The molecule has 4 amide bonds. The SMILES string of the molecule is C#Cc1ccc(CNC(=O)[C@@H]2C[C@@H](O)CN2C(=O)[C@@H](NC(=O)N2CCC[C@H](CN3CCC(N4CCC(N5CCN6c7cc(-c8ccccc8O)nnc7NC[C@H]6C5)CC4)CC3)C2)C(C)(C)C)cc1. The quantitative estimate of drug-likeness (QED) is 0.187. The fourth-order valence-electron chi connectivity index (χ4n) is 11.7. The molecule has 5 saturated heterocycles. The number of amides is 4. The topological polar surface area (TPSA) is 173 Å². The van der Waals surface area contributed by atoms with Gasteiger partial charge in [-0.05, 0) is 112 Å². The monoisotopic (exact) mass is 930 g/mol. The molecule has 1 aromatic heterocycles. The van der Waals surface area contributed by atoms with E-state index in [0.717, 1.165) is 107 Å². The molecule has 0 spiro atoms. The number of hydrogen-bond acceptors (Lipinski definition) is 12. The molecule has 6 aliphatic heterocycles. The van der Waals surface area contributed by atoms with Crippen molar-refractivity contribution in [2.45, 2.75) is 109 Å². The number of carbonyl (C=O) groups excluding carboxylic acids is 3. The van der Waals surface area contributed by atoms with Crippen molar-refractivity contribution in [1.29, 1.82) is 0 Å². The number of benzene rings is 2. The van der Waals surface area contributed by atoms with E-state index in [2.05, 4.69) is 57.7 Å². The predicted octanol–water partition coefficient (Wildman–Crippen LogP) is 3.79. The number of anilines is 2. The van der Waals surface area contributed by atoms with E-state index in [1.165, 1.54) is 17.7 Å². The van der Waals surface area contributed by atoms with Crippen molar-refractivity contribution in [2.24, 2.45) is 11.3 Å². The Morgan fingerprint density at radius 1 is 0.868 bits per heavy atom. The number of likely N-dealkylation sites (tertiary alicyclic amines) is 4. The third-order valence-corrected chi connectivity index (χ3v) is 15.5. The van der Waals surface area contributed by atoms with Gasteiger partial charge in [0, 0.05) is 88.5 Å². The highest BCUT2D eigenvalue weighted by atomic mass is 16.3. The number of terminal acetylenes is 1. The van der Waals surface area contributed by atoms with Gasteiger partial charge in [-0.25, -0.2) is 4.79 Å². The Morgan fingerprint density at radius 2 is 1.60 bits per heavy atom. The van der Waals surface area contributed by atoms with Crippen LogP contribution in [0, 0.1) is 23.7 Å². The van der Waals surface area contributed by atoms with E-state index in [0.29, 0.717) is 48.4 Å². The summed E-state index contributed by atoms with van der Waals surface area (Å²) in [7, 11) is 0. The minimum absolute atomic E-state index is 0.0335. The van der Waals surface area contributed by atoms with Crippen LogP contribution in [0.4, 0.5) is 16.3 Å². The standard InChI is InChI=1S/C52H71N11O5/c1-5-35-12-14-36(15-13-35)29-54-49(66)45-27-41(64)34-63(45)50(67)47(52(2,3)4)55-51(68)61-20-8-9-37(32-61)31-58-21-16-38(17-22-58)59-23-18-39(19-24-59)60-25-26-62-40(33-60)30-53-48-44(62)28-43(56-57-48)42-10-6-7-11-46(42)65/h1,6-7,10-15,28,37-41,45,47,64-65H,8-9,16-27,29-34H2,2-4H3,(H,53,57)(H,54,66)(H,55,68)/t37-,40+,41-,45+,47-/m1/s1. The Morgan fingerprint density at radius 3 is 2.34 bits per heavy atom. The first kappa shape index (κ1) is 47.6. The van der Waals surface area contributed by atoms with Gasteiger partial charge in [-0.15, -0.1) is 16.6 Å². The number of hydrogen-bond donors (Lipinski definition) is 5. The van der Waals surface area contributed by atoms with E-state index in [1.807, 2.05) is 68.1 Å². The molecular formula is C52H71N11O5. The summed E-state index contributed by atoms with van der Waals surface area (Å²) in [4.78, 5) is 55.6. The molecule has 5 fully saturated rings. The molecule has 0 radical (unpaired) electrons. The highest BCUT2D eigenvalue weighted by Crippen LogP contribution is 2.37. The van der Waals surface area contributed by atoms with Crippen LogP contribution in [-0.2, 0) is 16.1 Å². The zero-order chi connectivity index (χ0) is 47.5. The van der Waals surface area contributed by atoms with E-state index in [-0.39, 0.29) is 43.1 Å². The van der Waals surface area contributed by atoms with E-state index >= 15 is 0 Å². The maximum atomic E-state index is 14.3. The summed E-state index contributed by atoms with van der Waals surface area (Å²) >= 11 is 0. The van der Waals surface area contributed by atoms with Crippen LogP contribution in [0.2, 0.25) is 0 Å². The number of aromatic nitrogens is 2. The molecule has 9 rings (SSSR count). The molecular weight excluding hydrogens is 859 g/mol. The smallest absolute Gasteiger partial charge is 0.318 e. The lowest BCUT2D eigenvalue weighted by atomic mass is 9.85. The number of fused-ring (bicyclic) bond motifs is 3. The molecule has 5 atom stereocenters. The minimum atomic E-state index is -0.878. The fraction of sp³-hybridized carbons (Fsp3) is 0.596. The van der Waals surface area contributed by atoms with Crippen molar-refractivity contribution in [2.75, 3.05) is 88.8 Å². The number of aliphatic hydroxyl groups is 1. The van der Waals surface area contributed by atoms with E-state index < -0.39 is 23.6 Å². The van der Waals surface area contributed by atoms with E-state index in [9.17, 15) is 24.6 Å². The van der Waals surface area contributed by atoms with Crippen LogP contribution in [0.15, 0.2) is 54.6 Å². The average Bonchev–Trinajstić information content (AvgIpc) is 3.76. The van der Waals surface area contributed by atoms with Gasteiger partial charge in [0.1, 0.15) is 17.8 Å². The van der Waals surface area contributed by atoms with Crippen molar-refractivity contribution < 1.29 is 24.6 Å². The number of urea groups is 1. The number of piperidine rings is 3. The summed E-state index contributed by atoms with van der Waals surface area (Å²) in [6.45, 7) is 16.6. The Kier molecular flexibility index (Phi) is 14.4. The first-order chi connectivity index (χ1) is 32.8. The van der Waals surface area contributed by atoms with Crippen LogP contribution in [0.1, 0.15) is 76.8 Å². The van der Waals surface area contributed by atoms with Gasteiger partial charge < -0.3 is 50.7 Å². The molecule has 7 heterocycles. The van der Waals surface area contributed by atoms with Crippen molar-refractivity contribution >= 4 is 29.4 Å². The van der Waals surface area contributed by atoms with Crippen molar-refractivity contribution in [1.82, 2.24) is 45.3 Å². The number of para-hydroxylation sites is 1. The zero-order valence-electron chi connectivity index (χ0n) is 40.2. The fourth-order valence-corrected chi connectivity index (χ4v) is 11.7. The number of rotatable bonds is 10. The highest BCUT2D eigenvalue weighted by molar-refractivity contribution is 5.93. The maximum Gasteiger partial charge on any atom is 0.318 e. The maximum absolute atomic E-state index is 14.3. The van der Waals surface area contributed by atoms with Gasteiger partial charge in [-0.3, -0.25) is 14.5 Å². The second kappa shape index (κ2) is 20.6. The molecule has 16 nitrogen and oxygen atoms in total. The van der Waals surface area contributed by atoms with Crippen LogP contribution in [-0.4, -0.2) is 178 Å². The van der Waals surface area contributed by atoms with Crippen LogP contribution in [0.25, 0.3) is 11.3 Å². The number of aliphatic hydroxyl groups excluding tert-OH is 1. The second-order valence-electron chi connectivity index (χ2n) is 21.2. The molecule has 5 N–H and O–H groups in total. The molecule has 0 bridgehead atoms. The second-order valence-corrected chi connectivity index (χ2v) is 21.2. The van der Waals surface area contributed by atoms with Crippen molar-refractivity contribution in [3.63, 3.8) is 0 Å². The molecule has 0 aliphatic carbocycles. The number of nitrogens with one attached hydrogen (secondary N) is 3. The summed E-state index contributed by atoms with van der Waals surface area (Å²) in [5, 5.41) is 39.6. The van der Waals surface area contributed by atoms with Crippen molar-refractivity contribution in [3.8, 4) is 29.4 Å². The van der Waals surface area contributed by atoms with Crippen LogP contribution < -0.4 is 20.9 Å². The van der Waals surface area contributed by atoms with Crippen LogP contribution >= 0.6 is 0 Å². The third-order valence-electron chi connectivity index (χ3n) is 15.5. The number of β-amino-alcohol motifs (C(OH)–C–C–N with tert-alkyl or cyclic N) is 1. The summed E-state index contributed by atoms with van der Waals surface area (Å²) in [5.41, 5.74) is 3.44. The van der Waals surface area contributed by atoms with Crippen molar-refractivity contribution in [3.05, 3.63) is 65.7 Å². The van der Waals surface area contributed by atoms with Gasteiger partial charge >= 0.3 is 6.03 Å². The molecule has 364 valence electrons. The lowest BCUT2D eigenvalue weighted by Gasteiger charge is -2.50. The van der Waals surface area contributed by atoms with Gasteiger partial charge in [-0.2, -0.15) is 0 Å². The number of nitrogens with zero attached hydrogens (tertiary/aromatic N) is 8. The van der Waals surface area contributed by atoms with E-state index in [1.54, 1.807) is 6.07 Å². The minimum Gasteiger partial charge on any atom is -0.507 e. The van der Waals surface area contributed by atoms with Gasteiger partial charge in [0.05, 0.1) is 23.5 Å². The Labute approximate surface area is 401 Å². The Bertz CT molecular complexity index is 2300. The number of aromatic hydroxyl groups is 1. The van der Waals surface area contributed by atoms with Gasteiger partial charge in [0.2, 0.25) is 11.8 Å². The normalized spacial score (nSPS) is 24.9. The van der Waals surface area contributed by atoms with E-state index in [4.69, 9.17) is 6.42 Å². The van der Waals surface area contributed by atoms with Crippen LogP contribution in [0.3, 0.4) is 0 Å². The summed E-state index contributed by atoms with van der Waals surface area (Å²) in [5.74, 6) is 3.28. The Balaban J connectivity index is 0.713. The molecule has 6 aliphatic rings.